The molecule has 0 heterocycles. The zero-order chi connectivity index (χ0) is 14.4. The third-order valence-corrected chi connectivity index (χ3v) is 3.46. The normalized spacial score (nSPS) is 13.9. The first-order valence-electron chi connectivity index (χ1n) is 6.51. The van der Waals surface area contributed by atoms with Crippen LogP contribution in [0.4, 0.5) is 0 Å². The number of nitrogens with one attached hydrogen (secondary N) is 2. The molecule has 0 radical (unpaired) electrons. The highest BCUT2D eigenvalue weighted by Gasteiger charge is 2.19. The van der Waals surface area contributed by atoms with Crippen molar-refractivity contribution in [3.05, 3.63) is 28.2 Å². The molecule has 106 valence electrons. The Bertz CT molecular complexity index is 437. The summed E-state index contributed by atoms with van der Waals surface area (Å²) in [7, 11) is 0. The topological polar surface area (TPSA) is 61.4 Å². The molecule has 0 fully saturated rings. The summed E-state index contributed by atoms with van der Waals surface area (Å²) >= 11 is 3.40. The van der Waals surface area contributed by atoms with E-state index in [-0.39, 0.29) is 23.7 Å². The van der Waals surface area contributed by atoms with Gasteiger partial charge in [0.2, 0.25) is 5.91 Å². The van der Waals surface area contributed by atoms with Gasteiger partial charge >= 0.3 is 0 Å². The molecule has 1 rings (SSSR count). The molecule has 0 bridgehead atoms. The third kappa shape index (κ3) is 4.51. The summed E-state index contributed by atoms with van der Waals surface area (Å²) in [6, 6.07) is 4.96. The Morgan fingerprint density at radius 1 is 1.42 bits per heavy atom. The fourth-order valence-corrected chi connectivity index (χ4v) is 2.32. The Morgan fingerprint density at radius 2 is 2.11 bits per heavy atom. The third-order valence-electron chi connectivity index (χ3n) is 2.97. The average Bonchev–Trinajstić information content (AvgIpc) is 2.39. The second kappa shape index (κ2) is 7.50. The molecular formula is C14H21BrN2O2. The van der Waals surface area contributed by atoms with Crippen molar-refractivity contribution >= 4 is 21.8 Å². The number of amides is 1. The van der Waals surface area contributed by atoms with E-state index in [1.165, 1.54) is 0 Å². The van der Waals surface area contributed by atoms with E-state index in [0.29, 0.717) is 6.54 Å². The smallest absolute Gasteiger partial charge is 0.236 e. The fourth-order valence-electron chi connectivity index (χ4n) is 1.94. The number of hydrogen-bond donors (Lipinski definition) is 3. The number of rotatable bonds is 6. The van der Waals surface area contributed by atoms with E-state index in [0.717, 1.165) is 16.5 Å². The molecule has 0 saturated carbocycles. The van der Waals surface area contributed by atoms with E-state index >= 15 is 0 Å². The first-order chi connectivity index (χ1) is 8.99. The number of phenolic OH excluding ortho intramolecular Hbond substituents is 1. The minimum atomic E-state index is -0.303. The number of aromatic hydroxyl groups is 1. The minimum Gasteiger partial charge on any atom is -0.508 e. The second-order valence-corrected chi connectivity index (χ2v) is 5.36. The monoisotopic (exact) mass is 328 g/mol. The molecule has 0 aliphatic rings. The predicted molar refractivity (Wildman–Crippen MR) is 80.1 cm³/mol. The van der Waals surface area contributed by atoms with Crippen LogP contribution in [-0.2, 0) is 4.79 Å². The first-order valence-corrected chi connectivity index (χ1v) is 7.31. The summed E-state index contributed by atoms with van der Waals surface area (Å²) in [6.45, 7) is 6.34. The van der Waals surface area contributed by atoms with Gasteiger partial charge in [-0.15, -0.1) is 0 Å². The maximum atomic E-state index is 11.7. The van der Waals surface area contributed by atoms with Crippen LogP contribution < -0.4 is 10.6 Å². The van der Waals surface area contributed by atoms with Gasteiger partial charge in [0.15, 0.2) is 0 Å². The summed E-state index contributed by atoms with van der Waals surface area (Å²) in [6.07, 6.45) is 0.785. The van der Waals surface area contributed by atoms with Crippen molar-refractivity contribution in [2.45, 2.75) is 39.3 Å². The van der Waals surface area contributed by atoms with Gasteiger partial charge in [0, 0.05) is 22.6 Å². The highest BCUT2D eigenvalue weighted by atomic mass is 79.9. The number of benzene rings is 1. The molecular weight excluding hydrogens is 308 g/mol. The van der Waals surface area contributed by atoms with Gasteiger partial charge in [0.25, 0.3) is 0 Å². The van der Waals surface area contributed by atoms with Crippen LogP contribution in [0.2, 0.25) is 0 Å². The van der Waals surface area contributed by atoms with Gasteiger partial charge in [0.05, 0.1) is 6.04 Å². The van der Waals surface area contributed by atoms with Gasteiger partial charge in [-0.2, -0.15) is 0 Å². The highest BCUT2D eigenvalue weighted by molar-refractivity contribution is 9.10. The van der Waals surface area contributed by atoms with Crippen LogP contribution >= 0.6 is 15.9 Å². The van der Waals surface area contributed by atoms with Crippen molar-refractivity contribution < 1.29 is 9.90 Å². The Hall–Kier alpha value is -1.07. The maximum Gasteiger partial charge on any atom is 0.236 e. The molecule has 1 amide bonds. The molecule has 3 N–H and O–H groups in total. The summed E-state index contributed by atoms with van der Waals surface area (Å²) in [5.74, 6) is 0.209. The Balaban J connectivity index is 2.83. The lowest BCUT2D eigenvalue weighted by Gasteiger charge is -2.23. The zero-order valence-electron chi connectivity index (χ0n) is 11.5. The molecule has 0 aromatic heterocycles. The van der Waals surface area contributed by atoms with Crippen molar-refractivity contribution in [1.82, 2.24) is 10.6 Å². The van der Waals surface area contributed by atoms with Crippen molar-refractivity contribution in [2.24, 2.45) is 0 Å². The van der Waals surface area contributed by atoms with Crippen LogP contribution in [0.3, 0.4) is 0 Å². The summed E-state index contributed by atoms with van der Waals surface area (Å²) in [5.41, 5.74) is 0.799. The summed E-state index contributed by atoms with van der Waals surface area (Å²) < 4.78 is 0.909. The summed E-state index contributed by atoms with van der Waals surface area (Å²) in [4.78, 5) is 11.7. The predicted octanol–water partition coefficient (Wildman–Crippen LogP) is 2.72. The van der Waals surface area contributed by atoms with Crippen LogP contribution in [0.15, 0.2) is 22.7 Å². The number of carbonyl (C=O) groups is 1. The molecule has 0 aliphatic heterocycles. The van der Waals surface area contributed by atoms with E-state index < -0.39 is 0 Å². The van der Waals surface area contributed by atoms with Gasteiger partial charge in [0.1, 0.15) is 5.75 Å². The number of phenols is 1. The summed E-state index contributed by atoms with van der Waals surface area (Å²) in [5, 5.41) is 16.0. The van der Waals surface area contributed by atoms with Gasteiger partial charge in [-0.25, -0.2) is 0 Å². The van der Waals surface area contributed by atoms with Gasteiger partial charge in [-0.1, -0.05) is 22.9 Å². The number of carbonyl (C=O) groups excluding carboxylic acids is 1. The second-order valence-electron chi connectivity index (χ2n) is 4.45. The molecule has 1 aromatic carbocycles. The molecule has 2 atom stereocenters. The molecule has 4 nitrogen and oxygen atoms in total. The standard InChI is InChI=1S/C14H21BrN2O2/c1-4-12(17-9(3)14(19)16-5-2)11-8-10(15)6-7-13(11)18/h6-9,12,17-18H,4-5H2,1-3H3,(H,16,19). The van der Waals surface area contributed by atoms with E-state index in [9.17, 15) is 9.90 Å². The minimum absolute atomic E-state index is 0.0320. The van der Waals surface area contributed by atoms with Crippen molar-refractivity contribution in [2.75, 3.05) is 6.54 Å². The molecule has 0 saturated heterocycles. The van der Waals surface area contributed by atoms with Gasteiger partial charge in [-0.05, 0) is 38.5 Å². The maximum absolute atomic E-state index is 11.7. The number of halogens is 1. The lowest BCUT2D eigenvalue weighted by atomic mass is 10.0. The van der Waals surface area contributed by atoms with Crippen molar-refractivity contribution in [1.29, 1.82) is 0 Å². The quantitative estimate of drug-likeness (QED) is 0.752. The highest BCUT2D eigenvalue weighted by Crippen LogP contribution is 2.29. The zero-order valence-corrected chi connectivity index (χ0v) is 13.1. The Labute approximate surface area is 122 Å². The fraction of sp³-hybridized carbons (Fsp3) is 0.500. The van der Waals surface area contributed by atoms with Crippen molar-refractivity contribution in [3.8, 4) is 5.75 Å². The lowest BCUT2D eigenvalue weighted by molar-refractivity contribution is -0.122. The largest absolute Gasteiger partial charge is 0.508 e. The van der Waals surface area contributed by atoms with E-state index in [1.807, 2.05) is 26.8 Å². The van der Waals surface area contributed by atoms with E-state index in [4.69, 9.17) is 0 Å². The SMILES string of the molecule is CCNC(=O)C(C)NC(CC)c1cc(Br)ccc1O. The molecule has 0 aliphatic carbocycles. The van der Waals surface area contributed by atoms with Crippen LogP contribution in [-0.4, -0.2) is 23.6 Å². The van der Waals surface area contributed by atoms with E-state index in [1.54, 1.807) is 12.1 Å². The Morgan fingerprint density at radius 3 is 2.68 bits per heavy atom. The Kier molecular flexibility index (Phi) is 6.31. The molecule has 2 unspecified atom stereocenters. The van der Waals surface area contributed by atoms with E-state index in [2.05, 4.69) is 26.6 Å². The number of likely N-dealkylation sites (N-methyl/N-ethyl adjacent to an activating group) is 1. The van der Waals surface area contributed by atoms with Crippen LogP contribution in [0, 0.1) is 0 Å². The molecule has 19 heavy (non-hydrogen) atoms. The average molecular weight is 329 g/mol. The number of hydrogen-bond acceptors (Lipinski definition) is 3. The first kappa shape index (κ1) is 16.0. The van der Waals surface area contributed by atoms with Crippen LogP contribution in [0.25, 0.3) is 0 Å². The van der Waals surface area contributed by atoms with Gasteiger partial charge < -0.3 is 10.4 Å². The molecule has 0 spiro atoms. The lowest BCUT2D eigenvalue weighted by Crippen LogP contribution is -2.43. The van der Waals surface area contributed by atoms with Gasteiger partial charge in [-0.3, -0.25) is 10.1 Å². The molecule has 1 aromatic rings. The van der Waals surface area contributed by atoms with Crippen LogP contribution in [0.1, 0.15) is 38.8 Å². The van der Waals surface area contributed by atoms with Crippen LogP contribution in [0.5, 0.6) is 5.75 Å². The molecule has 5 heteroatoms. The van der Waals surface area contributed by atoms with Crippen molar-refractivity contribution in [3.63, 3.8) is 0 Å².